The second kappa shape index (κ2) is 6.29. The number of sulfonamides is 1. The van der Waals surface area contributed by atoms with E-state index in [2.05, 4.69) is 0 Å². The molecule has 0 spiro atoms. The lowest BCUT2D eigenvalue weighted by atomic mass is 9.99. The quantitative estimate of drug-likeness (QED) is 0.871. The molecule has 1 rings (SSSR count). The zero-order valence-electron chi connectivity index (χ0n) is 10.8. The van der Waals surface area contributed by atoms with Crippen molar-refractivity contribution in [2.45, 2.75) is 13.8 Å². The lowest BCUT2D eigenvalue weighted by Crippen LogP contribution is -2.30. The van der Waals surface area contributed by atoms with Gasteiger partial charge in [0.15, 0.2) is 11.6 Å². The Balaban J connectivity index is 2.71. The first-order valence-electron chi connectivity index (χ1n) is 5.77. The van der Waals surface area contributed by atoms with Gasteiger partial charge in [-0.2, -0.15) is 0 Å². The minimum absolute atomic E-state index is 0.00170. The third kappa shape index (κ3) is 5.52. The van der Waals surface area contributed by atoms with Crippen molar-refractivity contribution in [2.75, 3.05) is 12.4 Å². The molecule has 0 amide bonds. The van der Waals surface area contributed by atoms with E-state index < -0.39 is 21.7 Å². The van der Waals surface area contributed by atoms with Gasteiger partial charge in [-0.15, -0.1) is 0 Å². The van der Waals surface area contributed by atoms with Crippen LogP contribution in [0.1, 0.15) is 13.8 Å². The molecule has 0 radical (unpaired) electrons. The van der Waals surface area contributed by atoms with Crippen molar-refractivity contribution >= 4 is 10.0 Å². The van der Waals surface area contributed by atoms with Gasteiger partial charge in [-0.1, -0.05) is 13.8 Å². The number of ether oxygens (including phenoxy) is 1. The molecule has 0 saturated carbocycles. The maximum absolute atomic E-state index is 13.3. The van der Waals surface area contributed by atoms with Crippen LogP contribution < -0.4 is 9.88 Å². The van der Waals surface area contributed by atoms with Crippen LogP contribution >= 0.6 is 0 Å². The largest absolute Gasteiger partial charge is 0.490 e. The second-order valence-electron chi connectivity index (χ2n) is 4.72. The highest BCUT2D eigenvalue weighted by Crippen LogP contribution is 2.20. The smallest absolute Gasteiger partial charge is 0.209 e. The summed E-state index contributed by atoms with van der Waals surface area (Å²) < 4.78 is 53.4. The van der Waals surface area contributed by atoms with Crippen LogP contribution in [0.3, 0.4) is 0 Å². The molecule has 2 N–H and O–H groups in total. The van der Waals surface area contributed by atoms with Crippen LogP contribution in [-0.2, 0) is 10.0 Å². The maximum atomic E-state index is 13.3. The molecule has 0 heterocycles. The summed E-state index contributed by atoms with van der Waals surface area (Å²) in [6, 6.07) is 2.95. The molecule has 0 bridgehead atoms. The summed E-state index contributed by atoms with van der Waals surface area (Å²) >= 11 is 0. The molecular formula is C12H17F2NO3S. The summed E-state index contributed by atoms with van der Waals surface area (Å²) in [5.41, 5.74) is 0. The van der Waals surface area contributed by atoms with Gasteiger partial charge in [0.25, 0.3) is 0 Å². The van der Waals surface area contributed by atoms with E-state index in [1.807, 2.05) is 13.8 Å². The molecule has 0 aliphatic carbocycles. The summed E-state index contributed by atoms with van der Waals surface area (Å²) in [4.78, 5) is 0. The number of halogens is 2. The van der Waals surface area contributed by atoms with E-state index in [4.69, 9.17) is 9.88 Å². The van der Waals surface area contributed by atoms with Gasteiger partial charge < -0.3 is 4.74 Å². The Kier molecular flexibility index (Phi) is 5.25. The van der Waals surface area contributed by atoms with Crippen molar-refractivity contribution in [2.24, 2.45) is 17.0 Å². The second-order valence-corrected chi connectivity index (χ2v) is 6.38. The van der Waals surface area contributed by atoms with Crippen LogP contribution in [0.4, 0.5) is 8.78 Å². The van der Waals surface area contributed by atoms with Gasteiger partial charge in [-0.25, -0.2) is 22.3 Å². The van der Waals surface area contributed by atoms with E-state index in [-0.39, 0.29) is 29.9 Å². The minimum atomic E-state index is -3.62. The lowest BCUT2D eigenvalue weighted by Gasteiger charge is -2.20. The van der Waals surface area contributed by atoms with Gasteiger partial charge in [0.2, 0.25) is 10.0 Å². The van der Waals surface area contributed by atoms with Crippen molar-refractivity contribution in [3.05, 3.63) is 29.8 Å². The molecule has 0 aliphatic rings. The molecule has 1 aromatic rings. The van der Waals surface area contributed by atoms with Crippen LogP contribution in [-0.4, -0.2) is 20.8 Å². The zero-order chi connectivity index (χ0) is 14.6. The number of benzene rings is 1. The number of nitrogens with two attached hydrogens (primary N) is 1. The van der Waals surface area contributed by atoms with Gasteiger partial charge in [-0.05, 0) is 18.1 Å². The van der Waals surface area contributed by atoms with Gasteiger partial charge >= 0.3 is 0 Å². The normalized spacial score (nSPS) is 13.6. The minimum Gasteiger partial charge on any atom is -0.490 e. The Morgan fingerprint density at radius 2 is 1.95 bits per heavy atom. The molecule has 0 saturated heterocycles. The maximum Gasteiger partial charge on any atom is 0.209 e. The molecule has 1 unspecified atom stereocenters. The summed E-state index contributed by atoms with van der Waals surface area (Å²) in [5, 5.41) is 4.99. The van der Waals surface area contributed by atoms with Crippen LogP contribution in [0.5, 0.6) is 5.75 Å². The van der Waals surface area contributed by atoms with Gasteiger partial charge in [-0.3, -0.25) is 0 Å². The summed E-state index contributed by atoms with van der Waals surface area (Å²) in [6.07, 6.45) is 0. The Morgan fingerprint density at radius 3 is 2.42 bits per heavy atom. The van der Waals surface area contributed by atoms with E-state index in [9.17, 15) is 17.2 Å². The Bertz CT molecular complexity index is 532. The Labute approximate surface area is 111 Å². The molecule has 1 atom stereocenters. The average molecular weight is 293 g/mol. The van der Waals surface area contributed by atoms with E-state index in [1.54, 1.807) is 0 Å². The zero-order valence-corrected chi connectivity index (χ0v) is 11.6. The van der Waals surface area contributed by atoms with Crippen LogP contribution in [0.25, 0.3) is 0 Å². The fraction of sp³-hybridized carbons (Fsp3) is 0.500. The monoisotopic (exact) mass is 293 g/mol. The summed E-state index contributed by atoms with van der Waals surface area (Å²) in [5.74, 6) is -2.23. The summed E-state index contributed by atoms with van der Waals surface area (Å²) in [7, 11) is -3.62. The standard InChI is InChI=1S/C12H17F2NO3S/c1-8(2)9(7-19(15,16)17)6-18-12-4-3-10(13)5-11(12)14/h3-5,8-9H,6-7H2,1-2H3,(H2,15,16,17). The van der Waals surface area contributed by atoms with E-state index in [1.165, 1.54) is 6.07 Å². The number of primary sulfonamides is 1. The van der Waals surface area contributed by atoms with Crippen molar-refractivity contribution in [3.8, 4) is 5.75 Å². The van der Waals surface area contributed by atoms with Crippen LogP contribution in [0, 0.1) is 23.5 Å². The Morgan fingerprint density at radius 1 is 1.32 bits per heavy atom. The summed E-state index contributed by atoms with van der Waals surface area (Å²) in [6.45, 7) is 3.64. The molecule has 19 heavy (non-hydrogen) atoms. The van der Waals surface area contributed by atoms with Gasteiger partial charge in [0.05, 0.1) is 12.4 Å². The first-order valence-corrected chi connectivity index (χ1v) is 7.49. The van der Waals surface area contributed by atoms with Crippen molar-refractivity contribution < 1.29 is 21.9 Å². The molecule has 0 aromatic heterocycles. The van der Waals surface area contributed by atoms with E-state index in [0.717, 1.165) is 6.07 Å². The molecule has 0 fully saturated rings. The van der Waals surface area contributed by atoms with Gasteiger partial charge in [0.1, 0.15) is 5.82 Å². The van der Waals surface area contributed by atoms with E-state index in [0.29, 0.717) is 6.07 Å². The predicted octanol–water partition coefficient (Wildman–Crippen LogP) is 1.90. The SMILES string of the molecule is CC(C)C(COc1ccc(F)cc1F)CS(N)(=O)=O. The number of rotatable bonds is 6. The fourth-order valence-corrected chi connectivity index (χ4v) is 2.60. The van der Waals surface area contributed by atoms with Crippen molar-refractivity contribution in [1.29, 1.82) is 0 Å². The third-order valence-corrected chi connectivity index (χ3v) is 3.63. The Hall–Kier alpha value is -1.21. The number of hydrogen-bond acceptors (Lipinski definition) is 3. The molecule has 1 aromatic carbocycles. The molecule has 7 heteroatoms. The molecule has 108 valence electrons. The highest BCUT2D eigenvalue weighted by atomic mass is 32.2. The van der Waals surface area contributed by atoms with Gasteiger partial charge in [0, 0.05) is 12.0 Å². The first-order chi connectivity index (χ1) is 8.69. The predicted molar refractivity (Wildman–Crippen MR) is 68.2 cm³/mol. The fourth-order valence-electron chi connectivity index (χ4n) is 1.52. The molecule has 4 nitrogen and oxygen atoms in total. The highest BCUT2D eigenvalue weighted by Gasteiger charge is 2.20. The highest BCUT2D eigenvalue weighted by molar-refractivity contribution is 7.89. The van der Waals surface area contributed by atoms with Crippen molar-refractivity contribution in [3.63, 3.8) is 0 Å². The van der Waals surface area contributed by atoms with Crippen LogP contribution in [0.2, 0.25) is 0 Å². The third-order valence-electron chi connectivity index (χ3n) is 2.74. The van der Waals surface area contributed by atoms with E-state index >= 15 is 0 Å². The average Bonchev–Trinajstić information content (AvgIpc) is 2.24. The van der Waals surface area contributed by atoms with Crippen LogP contribution in [0.15, 0.2) is 18.2 Å². The number of hydrogen-bond donors (Lipinski definition) is 1. The topological polar surface area (TPSA) is 69.4 Å². The molecular weight excluding hydrogens is 276 g/mol. The molecule has 0 aliphatic heterocycles. The first kappa shape index (κ1) is 15.8. The lowest BCUT2D eigenvalue weighted by molar-refractivity contribution is 0.216. The van der Waals surface area contributed by atoms with Crippen molar-refractivity contribution in [1.82, 2.24) is 0 Å².